The highest BCUT2D eigenvalue weighted by atomic mass is 15.1. The van der Waals surface area contributed by atoms with Crippen LogP contribution in [0.2, 0.25) is 0 Å². The van der Waals surface area contributed by atoms with Gasteiger partial charge in [-0.25, -0.2) is 9.13 Å². The standard InChI is InChI=1S/C27H45N2/c1-3-4-5-6-7-8-9-10-11-12-13-17-22-27-28(2)24-25-29(27)23-18-21-26-19-15-14-16-20-26/h14-16,19-20,24-25H,3-13,17-18,21-23H2,1-2H3/q+1. The predicted molar refractivity (Wildman–Crippen MR) is 125 cm³/mol. The molecule has 1 aromatic heterocycles. The van der Waals surface area contributed by atoms with Gasteiger partial charge in [0.15, 0.2) is 0 Å². The first kappa shape index (κ1) is 23.7. The van der Waals surface area contributed by atoms with Gasteiger partial charge in [-0.15, -0.1) is 0 Å². The Balaban J connectivity index is 1.52. The molecule has 162 valence electrons. The lowest BCUT2D eigenvalue weighted by molar-refractivity contribution is -0.678. The number of aryl methyl sites for hydroxylation is 3. The van der Waals surface area contributed by atoms with E-state index in [9.17, 15) is 0 Å². The van der Waals surface area contributed by atoms with Gasteiger partial charge in [0.1, 0.15) is 12.4 Å². The van der Waals surface area contributed by atoms with E-state index in [1.54, 1.807) is 0 Å². The average Bonchev–Trinajstić information content (AvgIpc) is 3.09. The molecule has 0 bridgehead atoms. The van der Waals surface area contributed by atoms with Crippen molar-refractivity contribution in [2.24, 2.45) is 7.05 Å². The van der Waals surface area contributed by atoms with Gasteiger partial charge >= 0.3 is 0 Å². The summed E-state index contributed by atoms with van der Waals surface area (Å²) in [5.74, 6) is 1.49. The van der Waals surface area contributed by atoms with Crippen LogP contribution in [0, 0.1) is 0 Å². The highest BCUT2D eigenvalue weighted by Gasteiger charge is 2.13. The van der Waals surface area contributed by atoms with E-state index in [0.717, 1.165) is 6.54 Å². The third kappa shape index (κ3) is 10.1. The van der Waals surface area contributed by atoms with E-state index in [1.807, 2.05) is 0 Å². The Morgan fingerprint density at radius 3 is 1.90 bits per heavy atom. The van der Waals surface area contributed by atoms with Crippen molar-refractivity contribution in [3.63, 3.8) is 0 Å². The van der Waals surface area contributed by atoms with E-state index < -0.39 is 0 Å². The van der Waals surface area contributed by atoms with Crippen LogP contribution in [0.25, 0.3) is 0 Å². The molecule has 29 heavy (non-hydrogen) atoms. The van der Waals surface area contributed by atoms with Gasteiger partial charge in [-0.05, 0) is 24.8 Å². The van der Waals surface area contributed by atoms with Crippen LogP contribution in [-0.4, -0.2) is 4.57 Å². The third-order valence-electron chi connectivity index (χ3n) is 6.17. The molecule has 0 radical (unpaired) electrons. The van der Waals surface area contributed by atoms with Crippen molar-refractivity contribution in [1.82, 2.24) is 4.57 Å². The van der Waals surface area contributed by atoms with E-state index in [-0.39, 0.29) is 0 Å². The molecule has 0 saturated carbocycles. The zero-order valence-electron chi connectivity index (χ0n) is 19.2. The molecule has 0 spiro atoms. The molecule has 1 heterocycles. The largest absolute Gasteiger partial charge is 0.256 e. The molecular weight excluding hydrogens is 352 g/mol. The van der Waals surface area contributed by atoms with E-state index in [1.165, 1.54) is 108 Å². The first-order valence-corrected chi connectivity index (χ1v) is 12.4. The lowest BCUT2D eigenvalue weighted by atomic mass is 10.0. The van der Waals surface area contributed by atoms with Crippen molar-refractivity contribution >= 4 is 0 Å². The van der Waals surface area contributed by atoms with Crippen molar-refractivity contribution in [3.05, 3.63) is 54.1 Å². The fourth-order valence-corrected chi connectivity index (χ4v) is 4.30. The van der Waals surface area contributed by atoms with Crippen molar-refractivity contribution in [2.45, 2.75) is 110 Å². The van der Waals surface area contributed by atoms with Gasteiger partial charge in [0, 0.05) is 6.42 Å². The number of unbranched alkanes of at least 4 members (excludes halogenated alkanes) is 11. The van der Waals surface area contributed by atoms with E-state index in [4.69, 9.17) is 0 Å². The normalized spacial score (nSPS) is 11.2. The number of benzene rings is 1. The van der Waals surface area contributed by atoms with Crippen molar-refractivity contribution < 1.29 is 4.57 Å². The summed E-state index contributed by atoms with van der Waals surface area (Å²) in [6.45, 7) is 3.42. The highest BCUT2D eigenvalue weighted by Crippen LogP contribution is 2.13. The summed E-state index contributed by atoms with van der Waals surface area (Å²) in [4.78, 5) is 0. The zero-order valence-corrected chi connectivity index (χ0v) is 19.2. The first-order valence-electron chi connectivity index (χ1n) is 12.4. The van der Waals surface area contributed by atoms with Crippen LogP contribution in [0.1, 0.15) is 102 Å². The van der Waals surface area contributed by atoms with Crippen LogP contribution in [-0.2, 0) is 26.4 Å². The number of hydrogen-bond donors (Lipinski definition) is 0. The smallest absolute Gasteiger partial charge is 0.237 e. The summed E-state index contributed by atoms with van der Waals surface area (Å²) in [6, 6.07) is 10.9. The Hall–Kier alpha value is -1.57. The second-order valence-electron chi connectivity index (χ2n) is 8.75. The molecule has 2 rings (SSSR count). The molecule has 0 aliphatic heterocycles. The Kier molecular flexibility index (Phi) is 12.5. The third-order valence-corrected chi connectivity index (χ3v) is 6.17. The predicted octanol–water partition coefficient (Wildman–Crippen LogP) is 7.19. The number of imidazole rings is 1. The Morgan fingerprint density at radius 2 is 1.28 bits per heavy atom. The van der Waals surface area contributed by atoms with E-state index in [0.29, 0.717) is 0 Å². The molecule has 0 N–H and O–H groups in total. The maximum atomic E-state index is 2.47. The topological polar surface area (TPSA) is 8.81 Å². The van der Waals surface area contributed by atoms with Crippen LogP contribution in [0.15, 0.2) is 42.7 Å². The molecule has 0 unspecified atom stereocenters. The molecule has 0 amide bonds. The van der Waals surface area contributed by atoms with E-state index in [2.05, 4.69) is 65.8 Å². The summed E-state index contributed by atoms with van der Waals surface area (Å²) in [5, 5.41) is 0. The zero-order chi connectivity index (χ0) is 20.6. The molecule has 2 heteroatoms. The van der Waals surface area contributed by atoms with Crippen LogP contribution < -0.4 is 4.57 Å². The molecule has 0 aliphatic rings. The quantitative estimate of drug-likeness (QED) is 0.197. The summed E-state index contributed by atoms with van der Waals surface area (Å²) < 4.78 is 4.79. The summed E-state index contributed by atoms with van der Waals surface area (Å²) in [7, 11) is 2.20. The minimum Gasteiger partial charge on any atom is -0.237 e. The highest BCUT2D eigenvalue weighted by molar-refractivity contribution is 5.14. The van der Waals surface area contributed by atoms with Crippen LogP contribution in [0.3, 0.4) is 0 Å². The molecule has 2 aromatic rings. The fourth-order valence-electron chi connectivity index (χ4n) is 4.30. The van der Waals surface area contributed by atoms with Crippen molar-refractivity contribution in [3.8, 4) is 0 Å². The Morgan fingerprint density at radius 1 is 0.690 bits per heavy atom. The van der Waals surface area contributed by atoms with Gasteiger partial charge in [0.25, 0.3) is 5.82 Å². The van der Waals surface area contributed by atoms with Gasteiger partial charge in [-0.2, -0.15) is 0 Å². The fraction of sp³-hybridized carbons (Fsp3) is 0.667. The minimum absolute atomic E-state index is 1.13. The van der Waals surface area contributed by atoms with Crippen molar-refractivity contribution in [2.75, 3.05) is 0 Å². The number of rotatable bonds is 17. The number of hydrogen-bond acceptors (Lipinski definition) is 0. The van der Waals surface area contributed by atoms with Gasteiger partial charge in [0.05, 0.1) is 13.6 Å². The molecular formula is C27H45N2+. The van der Waals surface area contributed by atoms with Gasteiger partial charge in [0.2, 0.25) is 0 Å². The second-order valence-corrected chi connectivity index (χ2v) is 8.75. The molecule has 2 nitrogen and oxygen atoms in total. The average molecular weight is 398 g/mol. The summed E-state index contributed by atoms with van der Waals surface area (Å²) in [6.07, 6.45) is 25.1. The maximum absolute atomic E-state index is 2.47. The summed E-state index contributed by atoms with van der Waals surface area (Å²) >= 11 is 0. The van der Waals surface area contributed by atoms with Crippen molar-refractivity contribution in [1.29, 1.82) is 0 Å². The molecule has 0 fully saturated rings. The maximum Gasteiger partial charge on any atom is 0.256 e. The second kappa shape index (κ2) is 15.3. The lowest BCUT2D eigenvalue weighted by Crippen LogP contribution is -2.32. The Bertz CT molecular complexity index is 629. The summed E-state index contributed by atoms with van der Waals surface area (Å²) in [5.41, 5.74) is 1.45. The Labute approximate surface area is 180 Å². The van der Waals surface area contributed by atoms with Crippen LogP contribution in [0.4, 0.5) is 0 Å². The lowest BCUT2D eigenvalue weighted by Gasteiger charge is -2.05. The van der Waals surface area contributed by atoms with Gasteiger partial charge in [-0.3, -0.25) is 0 Å². The molecule has 0 saturated heterocycles. The van der Waals surface area contributed by atoms with Gasteiger partial charge < -0.3 is 0 Å². The SMILES string of the molecule is CCCCCCCCCCCCCCc1n(CCCc2ccccc2)cc[n+]1C. The minimum atomic E-state index is 1.13. The molecule has 0 aliphatic carbocycles. The van der Waals surface area contributed by atoms with E-state index >= 15 is 0 Å². The molecule has 0 atom stereocenters. The first-order chi connectivity index (χ1) is 14.3. The monoisotopic (exact) mass is 397 g/mol. The van der Waals surface area contributed by atoms with Crippen LogP contribution in [0.5, 0.6) is 0 Å². The molecule has 1 aromatic carbocycles. The number of nitrogens with zero attached hydrogens (tertiary/aromatic N) is 2. The van der Waals surface area contributed by atoms with Crippen LogP contribution >= 0.6 is 0 Å². The van der Waals surface area contributed by atoms with Gasteiger partial charge in [-0.1, -0.05) is 108 Å². The number of aromatic nitrogens is 2.